The monoisotopic (exact) mass is 463 g/mol. The molecule has 3 N–H and O–H groups in total. The Bertz CT molecular complexity index is 967. The van der Waals surface area contributed by atoms with Gasteiger partial charge in [0.1, 0.15) is 11.3 Å². The van der Waals surface area contributed by atoms with Crippen molar-refractivity contribution in [1.29, 1.82) is 0 Å². The van der Waals surface area contributed by atoms with Gasteiger partial charge in [0, 0.05) is 35.2 Å². The molecule has 0 aliphatic rings. The Morgan fingerprint density at radius 1 is 1.29 bits per heavy atom. The Kier molecular flexibility index (Phi) is 6.52. The van der Waals surface area contributed by atoms with Crippen molar-refractivity contribution >= 4 is 44.5 Å². The summed E-state index contributed by atoms with van der Waals surface area (Å²) in [5.41, 5.74) is 8.05. The van der Waals surface area contributed by atoms with Crippen LogP contribution in [-0.4, -0.2) is 34.7 Å². The first kappa shape index (κ1) is 21.0. The Hall–Kier alpha value is -1.77. The van der Waals surface area contributed by atoms with Crippen molar-refractivity contribution in [3.63, 3.8) is 0 Å². The number of rotatable bonds is 7. The summed E-state index contributed by atoms with van der Waals surface area (Å²) in [5.74, 6) is 1.26. The lowest BCUT2D eigenvalue weighted by Gasteiger charge is -2.19. The van der Waals surface area contributed by atoms with E-state index in [2.05, 4.69) is 51.6 Å². The number of aromatic nitrogens is 3. The maximum Gasteiger partial charge on any atom is 0.174 e. The minimum absolute atomic E-state index is 0.244. The van der Waals surface area contributed by atoms with Crippen LogP contribution in [0.25, 0.3) is 11.0 Å². The zero-order valence-electron chi connectivity index (χ0n) is 16.6. The lowest BCUT2D eigenvalue weighted by Crippen LogP contribution is -2.29. The number of pyridine rings is 1. The van der Waals surface area contributed by atoms with Gasteiger partial charge in [-0.2, -0.15) is 0 Å². The summed E-state index contributed by atoms with van der Waals surface area (Å²) in [5, 5.41) is 4.41. The first-order chi connectivity index (χ1) is 13.3. The van der Waals surface area contributed by atoms with Gasteiger partial charge >= 0.3 is 0 Å². The molecule has 6 nitrogen and oxygen atoms in total. The molecule has 0 spiro atoms. The molecule has 0 saturated heterocycles. The summed E-state index contributed by atoms with van der Waals surface area (Å²) in [6.45, 7) is 9.26. The van der Waals surface area contributed by atoms with Gasteiger partial charge in [0.2, 0.25) is 0 Å². The number of hydrogen-bond donors (Lipinski definition) is 2. The van der Waals surface area contributed by atoms with Crippen LogP contribution < -0.4 is 15.8 Å². The van der Waals surface area contributed by atoms with Gasteiger partial charge in [0.15, 0.2) is 11.0 Å². The number of ether oxygens (including phenoxy) is 1. The number of halogens is 1. The van der Waals surface area contributed by atoms with Gasteiger partial charge in [-0.05, 0) is 45.6 Å². The SMILES string of the molecule is COc1ccc(Br)c(Sc2nc3c(N)nccc3n2CCNCC(C)(C)C)c1. The smallest absolute Gasteiger partial charge is 0.174 e. The van der Waals surface area contributed by atoms with Crippen molar-refractivity contribution in [3.8, 4) is 5.75 Å². The lowest BCUT2D eigenvalue weighted by molar-refractivity contribution is 0.375. The van der Waals surface area contributed by atoms with E-state index in [-0.39, 0.29) is 5.41 Å². The van der Waals surface area contributed by atoms with E-state index >= 15 is 0 Å². The summed E-state index contributed by atoms with van der Waals surface area (Å²) < 4.78 is 8.55. The lowest BCUT2D eigenvalue weighted by atomic mass is 9.97. The third kappa shape index (κ3) is 4.98. The summed E-state index contributed by atoms with van der Waals surface area (Å²) in [6.07, 6.45) is 1.73. The number of nitrogens with two attached hydrogens (primary N) is 1. The fourth-order valence-electron chi connectivity index (χ4n) is 2.79. The third-order valence-electron chi connectivity index (χ3n) is 4.17. The molecule has 0 bridgehead atoms. The molecule has 0 radical (unpaired) electrons. The zero-order valence-corrected chi connectivity index (χ0v) is 19.0. The first-order valence-electron chi connectivity index (χ1n) is 9.11. The number of hydrogen-bond acceptors (Lipinski definition) is 6. The van der Waals surface area contributed by atoms with Crippen LogP contribution in [0.1, 0.15) is 20.8 Å². The highest BCUT2D eigenvalue weighted by molar-refractivity contribution is 9.10. The number of nitrogens with one attached hydrogen (secondary N) is 1. The molecule has 0 fully saturated rings. The van der Waals surface area contributed by atoms with Crippen LogP contribution >= 0.6 is 27.7 Å². The fourth-order valence-corrected chi connectivity index (χ4v) is 4.25. The molecule has 1 aromatic carbocycles. The van der Waals surface area contributed by atoms with Crippen molar-refractivity contribution in [2.24, 2.45) is 5.41 Å². The third-order valence-corrected chi connectivity index (χ3v) is 6.17. The number of fused-ring (bicyclic) bond motifs is 1. The number of benzene rings is 1. The van der Waals surface area contributed by atoms with Gasteiger partial charge in [0.25, 0.3) is 0 Å². The number of methoxy groups -OCH3 is 1. The van der Waals surface area contributed by atoms with Crippen LogP contribution in [0.5, 0.6) is 5.75 Å². The molecule has 3 aromatic rings. The molecule has 0 amide bonds. The van der Waals surface area contributed by atoms with Crippen molar-refractivity contribution < 1.29 is 4.74 Å². The molecule has 150 valence electrons. The van der Waals surface area contributed by atoms with E-state index in [1.807, 2.05) is 24.3 Å². The largest absolute Gasteiger partial charge is 0.497 e. The second kappa shape index (κ2) is 8.71. The van der Waals surface area contributed by atoms with Gasteiger partial charge in [0.05, 0.1) is 12.6 Å². The summed E-state index contributed by atoms with van der Waals surface area (Å²) >= 11 is 5.21. The average Bonchev–Trinajstić information content (AvgIpc) is 2.98. The Balaban J connectivity index is 1.91. The molecule has 0 saturated carbocycles. The van der Waals surface area contributed by atoms with Gasteiger partial charge in [-0.3, -0.25) is 0 Å². The van der Waals surface area contributed by atoms with Crippen molar-refractivity contribution in [2.75, 3.05) is 25.9 Å². The van der Waals surface area contributed by atoms with Crippen LogP contribution in [-0.2, 0) is 6.54 Å². The minimum Gasteiger partial charge on any atom is -0.497 e. The Morgan fingerprint density at radius 2 is 2.07 bits per heavy atom. The zero-order chi connectivity index (χ0) is 20.3. The van der Waals surface area contributed by atoms with Gasteiger partial charge in [-0.25, -0.2) is 9.97 Å². The molecule has 0 aliphatic carbocycles. The number of anilines is 1. The Labute approximate surface area is 178 Å². The number of nitrogen functional groups attached to an aromatic ring is 1. The maximum atomic E-state index is 6.08. The van der Waals surface area contributed by atoms with E-state index < -0.39 is 0 Å². The van der Waals surface area contributed by atoms with Gasteiger partial charge in [-0.1, -0.05) is 32.5 Å². The van der Waals surface area contributed by atoms with E-state index in [1.54, 1.807) is 25.1 Å². The van der Waals surface area contributed by atoms with E-state index in [0.717, 1.165) is 50.9 Å². The van der Waals surface area contributed by atoms with Crippen LogP contribution in [0.4, 0.5) is 5.82 Å². The molecule has 2 aromatic heterocycles. The predicted octanol–water partition coefficient (Wildman–Crippen LogP) is 4.57. The standard InChI is InChI=1S/C20H26BrN5OS/c1-20(2,3)12-23-9-10-26-15-7-8-24-18(22)17(15)25-19(26)28-16-11-13(27-4)5-6-14(16)21/h5-8,11,23H,9-10,12H2,1-4H3,(H2,22,24). The molecule has 8 heteroatoms. The van der Waals surface area contributed by atoms with E-state index in [9.17, 15) is 0 Å². The molecular weight excluding hydrogens is 438 g/mol. The van der Waals surface area contributed by atoms with E-state index in [1.165, 1.54) is 0 Å². The summed E-state index contributed by atoms with van der Waals surface area (Å²) in [6, 6.07) is 7.87. The second-order valence-electron chi connectivity index (χ2n) is 7.75. The quantitative estimate of drug-likeness (QED) is 0.499. The second-order valence-corrected chi connectivity index (χ2v) is 9.61. The van der Waals surface area contributed by atoms with Crippen LogP contribution in [0.3, 0.4) is 0 Å². The average molecular weight is 464 g/mol. The van der Waals surface area contributed by atoms with Crippen LogP contribution in [0, 0.1) is 5.41 Å². The number of nitrogens with zero attached hydrogens (tertiary/aromatic N) is 3. The van der Waals surface area contributed by atoms with E-state index in [0.29, 0.717) is 5.82 Å². The molecule has 28 heavy (non-hydrogen) atoms. The fraction of sp³-hybridized carbons (Fsp3) is 0.400. The molecular formula is C20H26BrN5OS. The summed E-state index contributed by atoms with van der Waals surface area (Å²) in [7, 11) is 1.67. The Morgan fingerprint density at radius 3 is 2.79 bits per heavy atom. The van der Waals surface area contributed by atoms with Crippen molar-refractivity contribution in [2.45, 2.75) is 37.4 Å². The van der Waals surface area contributed by atoms with Gasteiger partial charge in [-0.15, -0.1) is 0 Å². The molecule has 0 unspecified atom stereocenters. The molecule has 2 heterocycles. The molecule has 3 rings (SSSR count). The summed E-state index contributed by atoms with van der Waals surface area (Å²) in [4.78, 5) is 10.0. The minimum atomic E-state index is 0.244. The topological polar surface area (TPSA) is 78.0 Å². The normalized spacial score (nSPS) is 11.9. The molecule has 0 atom stereocenters. The van der Waals surface area contributed by atoms with Crippen molar-refractivity contribution in [3.05, 3.63) is 34.9 Å². The van der Waals surface area contributed by atoms with E-state index in [4.69, 9.17) is 15.5 Å². The highest BCUT2D eigenvalue weighted by Crippen LogP contribution is 2.37. The highest BCUT2D eigenvalue weighted by Gasteiger charge is 2.16. The maximum absolute atomic E-state index is 6.08. The van der Waals surface area contributed by atoms with Crippen LogP contribution in [0.15, 0.2) is 45.0 Å². The number of imidazole rings is 1. The van der Waals surface area contributed by atoms with Gasteiger partial charge < -0.3 is 20.4 Å². The highest BCUT2D eigenvalue weighted by atomic mass is 79.9. The molecule has 0 aliphatic heterocycles. The van der Waals surface area contributed by atoms with Crippen LogP contribution in [0.2, 0.25) is 0 Å². The van der Waals surface area contributed by atoms with Crippen molar-refractivity contribution in [1.82, 2.24) is 19.9 Å². The first-order valence-corrected chi connectivity index (χ1v) is 10.7. The predicted molar refractivity (Wildman–Crippen MR) is 119 cm³/mol.